The van der Waals surface area contributed by atoms with Crippen LogP contribution in [0.15, 0.2) is 71.9 Å². The number of hydrogen-bond acceptors (Lipinski definition) is 6. The van der Waals surface area contributed by atoms with Crippen LogP contribution in [0.3, 0.4) is 0 Å². The Bertz CT molecular complexity index is 1450. The van der Waals surface area contributed by atoms with Gasteiger partial charge in [0, 0.05) is 12.0 Å². The molecule has 3 aromatic carbocycles. The summed E-state index contributed by atoms with van der Waals surface area (Å²) in [6.07, 6.45) is 0.620. The normalized spacial score (nSPS) is 13.5. The van der Waals surface area contributed by atoms with Crippen molar-refractivity contribution in [2.24, 2.45) is 0 Å². The van der Waals surface area contributed by atoms with Crippen LogP contribution >= 0.6 is 11.8 Å². The minimum atomic E-state index is -0.429. The molecule has 1 aromatic heterocycles. The van der Waals surface area contributed by atoms with Gasteiger partial charge in [0.2, 0.25) is 0 Å². The van der Waals surface area contributed by atoms with E-state index in [0.717, 1.165) is 22.6 Å². The first-order chi connectivity index (χ1) is 17.4. The van der Waals surface area contributed by atoms with Crippen LogP contribution in [0.5, 0.6) is 5.75 Å². The molecule has 1 aliphatic heterocycles. The molecule has 2 heterocycles. The molecule has 182 valence electrons. The molecule has 0 fully saturated rings. The molecule has 0 saturated heterocycles. The van der Waals surface area contributed by atoms with Crippen molar-refractivity contribution in [2.45, 2.75) is 37.6 Å². The third-order valence-electron chi connectivity index (χ3n) is 6.05. The maximum Gasteiger partial charge on any atom is 0.262 e. The summed E-state index contributed by atoms with van der Waals surface area (Å²) < 4.78 is 7.47. The van der Waals surface area contributed by atoms with Gasteiger partial charge in [-0.05, 0) is 56.2 Å². The van der Waals surface area contributed by atoms with Gasteiger partial charge in [-0.3, -0.25) is 14.2 Å². The minimum Gasteiger partial charge on any atom is -0.482 e. The summed E-state index contributed by atoms with van der Waals surface area (Å²) in [5, 5.41) is 12.0. The van der Waals surface area contributed by atoms with Crippen molar-refractivity contribution in [1.82, 2.24) is 14.8 Å². The topological polar surface area (TPSA) is 86.1 Å². The van der Waals surface area contributed by atoms with Crippen LogP contribution in [-0.4, -0.2) is 38.3 Å². The number of rotatable bonds is 7. The molecular weight excluding hydrogens is 472 g/mol. The van der Waals surface area contributed by atoms with Gasteiger partial charge in [0.15, 0.2) is 17.5 Å². The predicted octanol–water partition coefficient (Wildman–Crippen LogP) is 5.17. The zero-order valence-corrected chi connectivity index (χ0v) is 21.1. The molecule has 0 saturated carbocycles. The Kier molecular flexibility index (Phi) is 6.61. The molecule has 1 unspecified atom stereocenters. The molecule has 0 spiro atoms. The van der Waals surface area contributed by atoms with Crippen molar-refractivity contribution in [2.75, 3.05) is 11.9 Å². The molecular formula is C28H26N4O3S. The van der Waals surface area contributed by atoms with Crippen molar-refractivity contribution < 1.29 is 14.3 Å². The second-order valence-electron chi connectivity index (χ2n) is 8.86. The van der Waals surface area contributed by atoms with Crippen LogP contribution in [0.2, 0.25) is 0 Å². The third kappa shape index (κ3) is 4.90. The van der Waals surface area contributed by atoms with Gasteiger partial charge in [0.1, 0.15) is 11.6 Å². The Hall–Kier alpha value is -3.91. The average molecular weight is 499 g/mol. The van der Waals surface area contributed by atoms with Gasteiger partial charge in [0.05, 0.1) is 16.6 Å². The number of ether oxygens (including phenoxy) is 1. The number of nitrogens with one attached hydrogen (secondary N) is 1. The first-order valence-electron chi connectivity index (χ1n) is 11.7. The molecule has 0 bridgehead atoms. The SMILES string of the molecule is Cc1ccc(-n2c(Cc3ccccc3)nnc2SC(C)C(=O)c2ccc3c(c2)NC(=O)CO3)c(C)c1. The van der Waals surface area contributed by atoms with Crippen LogP contribution in [0.1, 0.15) is 39.8 Å². The lowest BCUT2D eigenvalue weighted by Crippen LogP contribution is -2.25. The van der Waals surface area contributed by atoms with E-state index in [1.165, 1.54) is 17.3 Å². The number of carbonyl (C=O) groups is 2. The van der Waals surface area contributed by atoms with Crippen LogP contribution in [0, 0.1) is 13.8 Å². The van der Waals surface area contributed by atoms with E-state index in [1.54, 1.807) is 18.2 Å². The number of Topliss-reactive ketones (excluding diaryl/α,β-unsaturated/α-hetero) is 1. The number of carbonyl (C=O) groups excluding carboxylic acids is 2. The smallest absolute Gasteiger partial charge is 0.262 e. The van der Waals surface area contributed by atoms with E-state index < -0.39 is 5.25 Å². The maximum atomic E-state index is 13.3. The lowest BCUT2D eigenvalue weighted by Gasteiger charge is -2.19. The number of hydrogen-bond donors (Lipinski definition) is 1. The molecule has 4 aromatic rings. The fourth-order valence-electron chi connectivity index (χ4n) is 4.25. The Labute approximate surface area is 213 Å². The Balaban J connectivity index is 1.46. The number of aromatic nitrogens is 3. The zero-order valence-electron chi connectivity index (χ0n) is 20.3. The van der Waals surface area contributed by atoms with E-state index in [-0.39, 0.29) is 18.3 Å². The second kappa shape index (κ2) is 9.99. The summed E-state index contributed by atoms with van der Waals surface area (Å²) >= 11 is 1.37. The van der Waals surface area contributed by atoms with Crippen molar-refractivity contribution in [3.8, 4) is 11.4 Å². The van der Waals surface area contributed by atoms with Gasteiger partial charge >= 0.3 is 0 Å². The highest BCUT2D eigenvalue weighted by Crippen LogP contribution is 2.33. The molecule has 1 aliphatic rings. The van der Waals surface area contributed by atoms with Crippen molar-refractivity contribution >= 4 is 29.1 Å². The molecule has 1 N–H and O–H groups in total. The number of fused-ring (bicyclic) bond motifs is 1. The van der Waals surface area contributed by atoms with Crippen LogP contribution in [0.25, 0.3) is 5.69 Å². The minimum absolute atomic E-state index is 0.0219. The highest BCUT2D eigenvalue weighted by atomic mass is 32.2. The number of anilines is 1. The first kappa shape index (κ1) is 23.8. The van der Waals surface area contributed by atoms with E-state index >= 15 is 0 Å². The lowest BCUT2D eigenvalue weighted by molar-refractivity contribution is -0.118. The lowest BCUT2D eigenvalue weighted by atomic mass is 10.1. The maximum absolute atomic E-state index is 13.3. The van der Waals surface area contributed by atoms with Crippen molar-refractivity contribution in [3.05, 3.63) is 94.8 Å². The molecule has 7 nitrogen and oxygen atoms in total. The van der Waals surface area contributed by atoms with E-state index in [4.69, 9.17) is 4.74 Å². The Morgan fingerprint density at radius 3 is 2.67 bits per heavy atom. The van der Waals surface area contributed by atoms with Gasteiger partial charge in [-0.2, -0.15) is 0 Å². The summed E-state index contributed by atoms with van der Waals surface area (Å²) in [6, 6.07) is 21.5. The van der Waals surface area contributed by atoms with Crippen molar-refractivity contribution in [1.29, 1.82) is 0 Å². The predicted molar refractivity (Wildman–Crippen MR) is 140 cm³/mol. The highest BCUT2D eigenvalue weighted by molar-refractivity contribution is 8.00. The molecule has 8 heteroatoms. The highest BCUT2D eigenvalue weighted by Gasteiger charge is 2.25. The number of benzene rings is 3. The number of aryl methyl sites for hydroxylation is 2. The summed E-state index contributed by atoms with van der Waals surface area (Å²) in [5.41, 5.74) is 5.42. The monoisotopic (exact) mass is 498 g/mol. The second-order valence-corrected chi connectivity index (χ2v) is 10.2. The van der Waals surface area contributed by atoms with E-state index in [2.05, 4.69) is 64.3 Å². The number of amides is 1. The van der Waals surface area contributed by atoms with Crippen LogP contribution < -0.4 is 10.1 Å². The summed E-state index contributed by atoms with van der Waals surface area (Å²) in [7, 11) is 0. The van der Waals surface area contributed by atoms with Crippen LogP contribution in [-0.2, 0) is 11.2 Å². The molecule has 1 atom stereocenters. The fourth-order valence-corrected chi connectivity index (χ4v) is 5.21. The quantitative estimate of drug-likeness (QED) is 0.280. The molecule has 5 rings (SSSR count). The van der Waals surface area contributed by atoms with Gasteiger partial charge < -0.3 is 10.1 Å². The van der Waals surface area contributed by atoms with Gasteiger partial charge in [-0.1, -0.05) is 59.8 Å². The number of nitrogens with zero attached hydrogens (tertiary/aromatic N) is 3. The largest absolute Gasteiger partial charge is 0.482 e. The average Bonchev–Trinajstić information content (AvgIpc) is 3.25. The van der Waals surface area contributed by atoms with E-state index in [1.807, 2.05) is 25.1 Å². The van der Waals surface area contributed by atoms with Gasteiger partial charge in [-0.15, -0.1) is 10.2 Å². The Morgan fingerprint density at radius 1 is 1.08 bits per heavy atom. The Morgan fingerprint density at radius 2 is 1.89 bits per heavy atom. The van der Waals surface area contributed by atoms with E-state index in [0.29, 0.717) is 28.6 Å². The summed E-state index contributed by atoms with van der Waals surface area (Å²) in [6.45, 7) is 5.97. The van der Waals surface area contributed by atoms with Crippen molar-refractivity contribution in [3.63, 3.8) is 0 Å². The molecule has 0 aliphatic carbocycles. The number of thioether (sulfide) groups is 1. The van der Waals surface area contributed by atoms with E-state index in [9.17, 15) is 9.59 Å². The zero-order chi connectivity index (χ0) is 25.2. The van der Waals surface area contributed by atoms with Gasteiger partial charge in [0.25, 0.3) is 5.91 Å². The molecule has 0 radical (unpaired) electrons. The standard InChI is InChI=1S/C28H26N4O3S/c1-17-9-11-23(18(2)13-17)32-25(14-20-7-5-4-6-8-20)30-31-28(32)36-19(3)27(34)21-10-12-24-22(15-21)29-26(33)16-35-24/h4-13,15,19H,14,16H2,1-3H3,(H,29,33). The van der Waals surface area contributed by atoms with Crippen LogP contribution in [0.4, 0.5) is 5.69 Å². The fraction of sp³-hybridized carbons (Fsp3) is 0.214. The first-order valence-corrected chi connectivity index (χ1v) is 12.6. The number of ketones is 1. The molecule has 36 heavy (non-hydrogen) atoms. The summed E-state index contributed by atoms with van der Waals surface area (Å²) in [5.74, 6) is 1.07. The molecule has 1 amide bonds. The van der Waals surface area contributed by atoms with Gasteiger partial charge in [-0.25, -0.2) is 0 Å². The summed E-state index contributed by atoms with van der Waals surface area (Å²) in [4.78, 5) is 25.0. The third-order valence-corrected chi connectivity index (χ3v) is 7.09.